The molecule has 0 bridgehead atoms. The quantitative estimate of drug-likeness (QED) is 0.304. The molecule has 162 valence electrons. The van der Waals surface area contributed by atoms with Crippen molar-refractivity contribution in [3.63, 3.8) is 0 Å². The van der Waals surface area contributed by atoms with Gasteiger partial charge in [0.1, 0.15) is 6.54 Å². The highest BCUT2D eigenvalue weighted by atomic mass is 127. The molecule has 28 heavy (non-hydrogen) atoms. The number of rotatable bonds is 9. The summed E-state index contributed by atoms with van der Waals surface area (Å²) in [5, 5.41) is 11.0. The van der Waals surface area contributed by atoms with E-state index in [4.69, 9.17) is 9.26 Å². The standard InChI is InChI=1S/C20H37N5O2.HI/c1-6-16(7-2)18-13-17(27-24-18)14-22-19(21-8-3)23-15-20(4,5)25-9-11-26-12-10-25;/h13,16H,6-12,14-15H2,1-5H3,(H2,21,22,23);1H. The number of guanidine groups is 1. The molecule has 0 aromatic carbocycles. The summed E-state index contributed by atoms with van der Waals surface area (Å²) < 4.78 is 11.0. The van der Waals surface area contributed by atoms with Crippen LogP contribution >= 0.6 is 24.0 Å². The van der Waals surface area contributed by atoms with Crippen molar-refractivity contribution in [3.05, 3.63) is 17.5 Å². The van der Waals surface area contributed by atoms with Gasteiger partial charge in [-0.3, -0.25) is 4.90 Å². The third kappa shape index (κ3) is 7.51. The fourth-order valence-corrected chi connectivity index (χ4v) is 3.38. The highest BCUT2D eigenvalue weighted by Crippen LogP contribution is 2.22. The zero-order valence-electron chi connectivity index (χ0n) is 18.1. The van der Waals surface area contributed by atoms with Gasteiger partial charge in [0, 0.05) is 43.7 Å². The average Bonchev–Trinajstić information content (AvgIpc) is 3.14. The van der Waals surface area contributed by atoms with E-state index in [9.17, 15) is 0 Å². The molecule has 2 heterocycles. The molecule has 0 unspecified atom stereocenters. The van der Waals surface area contributed by atoms with Gasteiger partial charge in [0.05, 0.1) is 18.9 Å². The van der Waals surface area contributed by atoms with E-state index in [0.29, 0.717) is 12.5 Å². The van der Waals surface area contributed by atoms with Gasteiger partial charge in [0.2, 0.25) is 0 Å². The van der Waals surface area contributed by atoms with Crippen LogP contribution < -0.4 is 10.6 Å². The number of ether oxygens (including phenoxy) is 1. The number of nitrogens with zero attached hydrogens (tertiary/aromatic N) is 3. The molecule has 1 saturated heterocycles. The van der Waals surface area contributed by atoms with E-state index in [-0.39, 0.29) is 29.5 Å². The monoisotopic (exact) mass is 507 g/mol. The van der Waals surface area contributed by atoms with Gasteiger partial charge in [-0.2, -0.15) is 0 Å². The van der Waals surface area contributed by atoms with Crippen LogP contribution in [-0.2, 0) is 11.3 Å². The second kappa shape index (κ2) is 12.6. The van der Waals surface area contributed by atoms with Crippen LogP contribution in [0.4, 0.5) is 0 Å². The van der Waals surface area contributed by atoms with Gasteiger partial charge < -0.3 is 19.9 Å². The molecule has 0 atom stereocenters. The molecular formula is C20H38IN5O2. The van der Waals surface area contributed by atoms with Crippen LogP contribution in [0.15, 0.2) is 15.6 Å². The van der Waals surface area contributed by atoms with Crippen LogP contribution in [0, 0.1) is 0 Å². The Morgan fingerprint density at radius 2 is 1.89 bits per heavy atom. The van der Waals surface area contributed by atoms with Gasteiger partial charge in [0.25, 0.3) is 0 Å². The molecule has 1 fully saturated rings. The van der Waals surface area contributed by atoms with Crippen LogP contribution in [0.5, 0.6) is 0 Å². The molecule has 0 spiro atoms. The Kier molecular flexibility index (Phi) is 11.4. The van der Waals surface area contributed by atoms with Crippen molar-refractivity contribution in [2.75, 3.05) is 39.4 Å². The topological polar surface area (TPSA) is 74.9 Å². The van der Waals surface area contributed by atoms with Gasteiger partial charge in [0.15, 0.2) is 11.7 Å². The minimum atomic E-state index is 0. The Balaban J connectivity index is 0.00000392. The van der Waals surface area contributed by atoms with Crippen LogP contribution in [0.2, 0.25) is 0 Å². The third-order valence-electron chi connectivity index (χ3n) is 5.27. The van der Waals surface area contributed by atoms with Crippen molar-refractivity contribution in [1.82, 2.24) is 20.7 Å². The molecule has 0 amide bonds. The van der Waals surface area contributed by atoms with E-state index in [2.05, 4.69) is 60.3 Å². The molecule has 7 nitrogen and oxygen atoms in total. The van der Waals surface area contributed by atoms with E-state index < -0.39 is 0 Å². The van der Waals surface area contributed by atoms with Gasteiger partial charge in [-0.05, 0) is 33.6 Å². The number of morpholine rings is 1. The molecule has 2 rings (SSSR count). The predicted molar refractivity (Wildman–Crippen MR) is 125 cm³/mol. The maximum absolute atomic E-state index is 5.48. The van der Waals surface area contributed by atoms with Crippen LogP contribution in [0.1, 0.15) is 64.8 Å². The number of hydrogen-bond donors (Lipinski definition) is 2. The summed E-state index contributed by atoms with van der Waals surface area (Å²) in [5.41, 5.74) is 1.08. The summed E-state index contributed by atoms with van der Waals surface area (Å²) in [6.07, 6.45) is 2.15. The Labute approximate surface area is 187 Å². The van der Waals surface area contributed by atoms with E-state index in [1.54, 1.807) is 0 Å². The molecule has 1 aliphatic heterocycles. The molecule has 0 radical (unpaired) electrons. The molecule has 8 heteroatoms. The van der Waals surface area contributed by atoms with Gasteiger partial charge in [-0.15, -0.1) is 24.0 Å². The Morgan fingerprint density at radius 3 is 2.50 bits per heavy atom. The fourth-order valence-electron chi connectivity index (χ4n) is 3.38. The number of aliphatic imine (C=N–C) groups is 1. The zero-order valence-corrected chi connectivity index (χ0v) is 20.4. The summed E-state index contributed by atoms with van der Waals surface area (Å²) in [6, 6.07) is 2.04. The molecular weight excluding hydrogens is 469 g/mol. The van der Waals surface area contributed by atoms with Crippen LogP contribution in [0.3, 0.4) is 0 Å². The maximum atomic E-state index is 5.48. The van der Waals surface area contributed by atoms with E-state index in [0.717, 1.165) is 69.6 Å². The van der Waals surface area contributed by atoms with Gasteiger partial charge in [-0.1, -0.05) is 19.0 Å². The van der Waals surface area contributed by atoms with Gasteiger partial charge in [-0.25, -0.2) is 4.99 Å². The van der Waals surface area contributed by atoms with Crippen LogP contribution in [-0.4, -0.2) is 60.9 Å². The van der Waals surface area contributed by atoms with Crippen molar-refractivity contribution in [2.45, 2.75) is 65.5 Å². The normalized spacial score (nSPS) is 16.1. The minimum Gasteiger partial charge on any atom is -0.379 e. The van der Waals surface area contributed by atoms with Crippen molar-refractivity contribution < 1.29 is 9.26 Å². The summed E-state index contributed by atoms with van der Waals surface area (Å²) >= 11 is 0. The molecule has 2 N–H and O–H groups in total. The Bertz CT molecular complexity index is 581. The van der Waals surface area contributed by atoms with Crippen molar-refractivity contribution in [2.24, 2.45) is 4.99 Å². The van der Waals surface area contributed by atoms with Gasteiger partial charge >= 0.3 is 0 Å². The lowest BCUT2D eigenvalue weighted by Crippen LogP contribution is -2.56. The number of hydrogen-bond acceptors (Lipinski definition) is 5. The van der Waals surface area contributed by atoms with E-state index in [1.807, 2.05) is 6.07 Å². The molecule has 1 aromatic rings. The minimum absolute atomic E-state index is 0. The second-order valence-electron chi connectivity index (χ2n) is 7.69. The fraction of sp³-hybridized carbons (Fsp3) is 0.800. The highest BCUT2D eigenvalue weighted by Gasteiger charge is 2.28. The van der Waals surface area contributed by atoms with E-state index in [1.165, 1.54) is 0 Å². The number of halogens is 1. The van der Waals surface area contributed by atoms with E-state index >= 15 is 0 Å². The lowest BCUT2D eigenvalue weighted by molar-refractivity contribution is -0.00834. The first-order valence-corrected chi connectivity index (χ1v) is 10.3. The van der Waals surface area contributed by atoms with Crippen molar-refractivity contribution in [3.8, 4) is 0 Å². The SMILES string of the molecule is CCNC(=NCc1cc(C(CC)CC)no1)NCC(C)(C)N1CCOCC1.I. The van der Waals surface area contributed by atoms with Crippen molar-refractivity contribution >= 4 is 29.9 Å². The smallest absolute Gasteiger partial charge is 0.191 e. The zero-order chi connectivity index (χ0) is 19.7. The summed E-state index contributed by atoms with van der Waals surface area (Å²) in [7, 11) is 0. The Morgan fingerprint density at radius 1 is 1.21 bits per heavy atom. The summed E-state index contributed by atoms with van der Waals surface area (Å²) in [6.45, 7) is 16.6. The molecule has 0 saturated carbocycles. The third-order valence-corrected chi connectivity index (χ3v) is 5.27. The average molecular weight is 507 g/mol. The highest BCUT2D eigenvalue weighted by molar-refractivity contribution is 14.0. The summed E-state index contributed by atoms with van der Waals surface area (Å²) in [4.78, 5) is 7.14. The largest absolute Gasteiger partial charge is 0.379 e. The molecule has 1 aliphatic rings. The first-order chi connectivity index (χ1) is 13.0. The lowest BCUT2D eigenvalue weighted by Gasteiger charge is -2.41. The van der Waals surface area contributed by atoms with Crippen LogP contribution in [0.25, 0.3) is 0 Å². The number of nitrogens with one attached hydrogen (secondary N) is 2. The molecule has 1 aromatic heterocycles. The first-order valence-electron chi connectivity index (χ1n) is 10.3. The number of aromatic nitrogens is 1. The maximum Gasteiger partial charge on any atom is 0.191 e. The predicted octanol–water partition coefficient (Wildman–Crippen LogP) is 3.36. The van der Waals surface area contributed by atoms with Crippen molar-refractivity contribution in [1.29, 1.82) is 0 Å². The Hall–Kier alpha value is -0.870. The molecule has 0 aliphatic carbocycles. The second-order valence-corrected chi connectivity index (χ2v) is 7.69. The summed E-state index contributed by atoms with van der Waals surface area (Å²) in [5.74, 6) is 2.08. The first kappa shape index (κ1) is 25.2. The lowest BCUT2D eigenvalue weighted by atomic mass is 9.99.